The molecule has 1 aliphatic heterocycles. The molecule has 0 saturated carbocycles. The maximum atomic E-state index is 14.3. The molecule has 0 saturated heterocycles. The number of carbonyl (C=O) groups excluding carboxylic acids is 1. The zero-order chi connectivity index (χ0) is 22.1. The van der Waals surface area contributed by atoms with Crippen molar-refractivity contribution < 1.29 is 13.9 Å². The van der Waals surface area contributed by atoms with Gasteiger partial charge in [-0.15, -0.1) is 0 Å². The van der Waals surface area contributed by atoms with E-state index >= 15 is 0 Å². The molecule has 32 heavy (non-hydrogen) atoms. The van der Waals surface area contributed by atoms with Crippen molar-refractivity contribution in [2.24, 2.45) is 0 Å². The minimum atomic E-state index is -0.656. The first kappa shape index (κ1) is 19.5. The normalized spacial score (nSPS) is 12.5. The highest BCUT2D eigenvalue weighted by atomic mass is 19.1. The van der Waals surface area contributed by atoms with Crippen LogP contribution in [0.25, 0.3) is 5.69 Å². The number of para-hydroxylation sites is 1. The van der Waals surface area contributed by atoms with E-state index in [0.29, 0.717) is 18.7 Å². The summed E-state index contributed by atoms with van der Waals surface area (Å²) in [7, 11) is 0. The molecular weight excluding hydrogens is 409 g/mol. The summed E-state index contributed by atoms with van der Waals surface area (Å²) >= 11 is 0. The molecule has 156 valence electrons. The molecule has 1 aromatic heterocycles. The van der Waals surface area contributed by atoms with Gasteiger partial charge in [-0.3, -0.25) is 4.79 Å². The van der Waals surface area contributed by atoms with Crippen molar-refractivity contribution >= 4 is 5.91 Å². The molecule has 4 aromatic rings. The number of benzene rings is 3. The zero-order valence-corrected chi connectivity index (χ0v) is 16.8. The van der Waals surface area contributed by atoms with Crippen LogP contribution in [0.2, 0.25) is 0 Å². The molecule has 0 bridgehead atoms. The molecule has 0 aliphatic carbocycles. The molecule has 2 heterocycles. The molecule has 5 rings (SSSR count). The smallest absolute Gasteiger partial charge is 0.258 e. The molecule has 1 amide bonds. The lowest BCUT2D eigenvalue weighted by atomic mass is 10.1. The number of amides is 1. The summed E-state index contributed by atoms with van der Waals surface area (Å²) < 4.78 is 21.7. The molecule has 0 spiro atoms. The number of carbonyl (C=O) groups is 1. The average molecular weight is 425 g/mol. The van der Waals surface area contributed by atoms with Gasteiger partial charge < -0.3 is 9.64 Å². The number of hydrogen-bond acceptors (Lipinski definition) is 5. The van der Waals surface area contributed by atoms with Crippen LogP contribution in [0.1, 0.15) is 27.0 Å². The van der Waals surface area contributed by atoms with Crippen LogP contribution in [0.5, 0.6) is 11.5 Å². The van der Waals surface area contributed by atoms with Gasteiger partial charge in [-0.1, -0.05) is 30.3 Å². The van der Waals surface area contributed by atoms with E-state index in [2.05, 4.69) is 10.1 Å². The Hall–Kier alpha value is -4.51. The van der Waals surface area contributed by atoms with E-state index in [1.807, 2.05) is 36.4 Å². The van der Waals surface area contributed by atoms with Crippen LogP contribution >= 0.6 is 0 Å². The Morgan fingerprint density at radius 3 is 2.66 bits per heavy atom. The molecule has 0 atom stereocenters. The molecule has 7 nitrogen and oxygen atoms in total. The van der Waals surface area contributed by atoms with Gasteiger partial charge in [0, 0.05) is 13.1 Å². The second-order valence-electron chi connectivity index (χ2n) is 7.29. The van der Waals surface area contributed by atoms with E-state index < -0.39 is 5.82 Å². The van der Waals surface area contributed by atoms with Crippen LogP contribution in [0.3, 0.4) is 0 Å². The highest BCUT2D eigenvalue weighted by Crippen LogP contribution is 2.36. The fourth-order valence-corrected chi connectivity index (χ4v) is 3.73. The molecule has 0 N–H and O–H groups in total. The maximum absolute atomic E-state index is 14.3. The Balaban J connectivity index is 1.38. The summed E-state index contributed by atoms with van der Waals surface area (Å²) in [6, 6.07) is 19.0. The predicted molar refractivity (Wildman–Crippen MR) is 113 cm³/mol. The quantitative estimate of drug-likeness (QED) is 0.478. The van der Waals surface area contributed by atoms with Gasteiger partial charge in [-0.25, -0.2) is 14.1 Å². The average Bonchev–Trinajstić information content (AvgIpc) is 3.45. The van der Waals surface area contributed by atoms with Crippen molar-refractivity contribution in [1.29, 1.82) is 5.26 Å². The highest BCUT2D eigenvalue weighted by Gasteiger charge is 2.31. The van der Waals surface area contributed by atoms with Crippen LogP contribution in [0.4, 0.5) is 4.39 Å². The van der Waals surface area contributed by atoms with Gasteiger partial charge in [-0.05, 0) is 41.5 Å². The van der Waals surface area contributed by atoms with Gasteiger partial charge in [0.2, 0.25) is 0 Å². The number of hydrogen-bond donors (Lipinski definition) is 0. The minimum absolute atomic E-state index is 0.0670. The molecule has 3 aromatic carbocycles. The number of fused-ring (bicyclic) bond motifs is 1. The van der Waals surface area contributed by atoms with Gasteiger partial charge in [0.25, 0.3) is 5.91 Å². The zero-order valence-electron chi connectivity index (χ0n) is 16.8. The summed E-state index contributed by atoms with van der Waals surface area (Å²) in [5.74, 6) is -0.807. The molecule has 0 fully saturated rings. The summed E-state index contributed by atoms with van der Waals surface area (Å²) in [5.41, 5.74) is 3.08. The Labute approximate surface area is 182 Å². The second-order valence-corrected chi connectivity index (χ2v) is 7.29. The maximum Gasteiger partial charge on any atom is 0.258 e. The number of rotatable bonds is 5. The van der Waals surface area contributed by atoms with Crippen molar-refractivity contribution in [3.63, 3.8) is 0 Å². The van der Waals surface area contributed by atoms with Crippen molar-refractivity contribution in [2.75, 3.05) is 0 Å². The van der Waals surface area contributed by atoms with Crippen molar-refractivity contribution in [3.05, 3.63) is 101 Å². The van der Waals surface area contributed by atoms with E-state index in [1.165, 1.54) is 24.5 Å². The standard InChI is InChI=1S/C24H16FN5O2/c25-20-5-1-3-17(11-26)23(20)32-21-6-2-4-18-13-29(24(31)22(18)21)12-16-7-9-19(10-8-16)30-15-27-14-28-30/h1-10,14-15H,12-13H2. The van der Waals surface area contributed by atoms with E-state index in [9.17, 15) is 14.4 Å². The number of nitriles is 1. The van der Waals surface area contributed by atoms with Crippen LogP contribution in [0.15, 0.2) is 73.3 Å². The van der Waals surface area contributed by atoms with E-state index in [1.54, 1.807) is 28.0 Å². The third kappa shape index (κ3) is 3.46. The number of aromatic nitrogens is 3. The third-order valence-electron chi connectivity index (χ3n) is 5.27. The molecule has 0 radical (unpaired) electrons. The summed E-state index contributed by atoms with van der Waals surface area (Å²) in [6.45, 7) is 0.826. The van der Waals surface area contributed by atoms with E-state index in [4.69, 9.17) is 4.74 Å². The molecular formula is C24H16FN5O2. The summed E-state index contributed by atoms with van der Waals surface area (Å²) in [5, 5.41) is 13.4. The van der Waals surface area contributed by atoms with Gasteiger partial charge in [0.15, 0.2) is 11.6 Å². The Bertz CT molecular complexity index is 1340. The Morgan fingerprint density at radius 2 is 1.91 bits per heavy atom. The molecule has 0 unspecified atom stereocenters. The lowest BCUT2D eigenvalue weighted by Gasteiger charge is -2.16. The van der Waals surface area contributed by atoms with E-state index in [-0.39, 0.29) is 23.0 Å². The number of nitrogens with zero attached hydrogens (tertiary/aromatic N) is 5. The van der Waals surface area contributed by atoms with Crippen molar-refractivity contribution in [3.8, 4) is 23.3 Å². The SMILES string of the molecule is N#Cc1cccc(F)c1Oc1cccc2c1C(=O)N(Cc1ccc(-n3cncn3)cc1)C2. The van der Waals surface area contributed by atoms with Gasteiger partial charge in [0.05, 0.1) is 16.8 Å². The van der Waals surface area contributed by atoms with Gasteiger partial charge in [0.1, 0.15) is 24.5 Å². The number of halogens is 1. The van der Waals surface area contributed by atoms with Crippen molar-refractivity contribution in [1.82, 2.24) is 19.7 Å². The van der Waals surface area contributed by atoms with Crippen LogP contribution < -0.4 is 4.74 Å². The second kappa shape index (κ2) is 7.96. The summed E-state index contributed by atoms with van der Waals surface area (Å²) in [6.07, 6.45) is 3.08. The fourth-order valence-electron chi connectivity index (χ4n) is 3.73. The monoisotopic (exact) mass is 425 g/mol. The lowest BCUT2D eigenvalue weighted by Crippen LogP contribution is -2.23. The minimum Gasteiger partial charge on any atom is -0.452 e. The first-order valence-corrected chi connectivity index (χ1v) is 9.85. The lowest BCUT2D eigenvalue weighted by molar-refractivity contribution is 0.0764. The van der Waals surface area contributed by atoms with Gasteiger partial charge in [-0.2, -0.15) is 10.4 Å². The highest BCUT2D eigenvalue weighted by molar-refractivity contribution is 6.01. The third-order valence-corrected chi connectivity index (χ3v) is 5.27. The first-order chi connectivity index (χ1) is 15.6. The Morgan fingerprint density at radius 1 is 1.09 bits per heavy atom. The van der Waals surface area contributed by atoms with Crippen LogP contribution in [-0.4, -0.2) is 25.6 Å². The van der Waals surface area contributed by atoms with Crippen LogP contribution in [-0.2, 0) is 13.1 Å². The topological polar surface area (TPSA) is 84.0 Å². The predicted octanol–water partition coefficient (Wildman–Crippen LogP) is 4.23. The number of ether oxygens (including phenoxy) is 1. The Kier molecular flexibility index (Phi) is 4.84. The van der Waals surface area contributed by atoms with Gasteiger partial charge >= 0.3 is 0 Å². The summed E-state index contributed by atoms with van der Waals surface area (Å²) in [4.78, 5) is 18.8. The largest absolute Gasteiger partial charge is 0.452 e. The van der Waals surface area contributed by atoms with Crippen molar-refractivity contribution in [2.45, 2.75) is 13.1 Å². The van der Waals surface area contributed by atoms with Crippen LogP contribution in [0, 0.1) is 17.1 Å². The molecule has 1 aliphatic rings. The van der Waals surface area contributed by atoms with E-state index in [0.717, 1.165) is 16.8 Å². The molecule has 8 heteroatoms. The first-order valence-electron chi connectivity index (χ1n) is 9.85. The fraction of sp³-hybridized carbons (Fsp3) is 0.0833.